The van der Waals surface area contributed by atoms with Crippen molar-refractivity contribution < 1.29 is 4.79 Å². The minimum Gasteiger partial charge on any atom is -0.346 e. The predicted octanol–water partition coefficient (Wildman–Crippen LogP) is 0.0780. The number of carbonyl (C=O) groups is 1. The fourth-order valence-corrected chi connectivity index (χ4v) is 0.358. The van der Waals surface area contributed by atoms with Gasteiger partial charge in [-0.15, -0.1) is 0 Å². The molecule has 0 rings (SSSR count). The van der Waals surface area contributed by atoms with Gasteiger partial charge in [-0.1, -0.05) is 0 Å². The van der Waals surface area contributed by atoms with Crippen molar-refractivity contribution in [2.45, 2.75) is 26.3 Å². The molecular weight excluding hydrogens is 116 g/mol. The first kappa shape index (κ1) is 8.43. The van der Waals surface area contributed by atoms with Crippen LogP contribution in [0.1, 0.15) is 20.8 Å². The molecule has 3 heteroatoms. The van der Waals surface area contributed by atoms with Gasteiger partial charge < -0.3 is 5.32 Å². The number of nitrogens with one attached hydrogen (secondary N) is 2. The fourth-order valence-electron chi connectivity index (χ4n) is 0.358. The smallest absolute Gasteiger partial charge is 0.208 e. The van der Waals surface area contributed by atoms with Gasteiger partial charge in [-0.2, -0.15) is 0 Å². The normalized spacial score (nSPS) is 11.0. The molecular formula is C6H14N2O. The van der Waals surface area contributed by atoms with Crippen LogP contribution in [0.2, 0.25) is 0 Å². The number of hydrogen-bond acceptors (Lipinski definition) is 2. The summed E-state index contributed by atoms with van der Waals surface area (Å²) in [5.41, 5.74) is 0.0794. The van der Waals surface area contributed by atoms with Crippen molar-refractivity contribution in [2.75, 3.05) is 6.67 Å². The summed E-state index contributed by atoms with van der Waals surface area (Å²) in [6, 6.07) is 0. The summed E-state index contributed by atoms with van der Waals surface area (Å²) in [7, 11) is 0. The molecule has 0 aromatic rings. The standard InChI is InChI=1S/C6H14N2O/c1-6(2,3)8-4-7-5-9/h5,8H,4H2,1-3H3,(H,7,9). The van der Waals surface area contributed by atoms with Crippen LogP contribution in [0.3, 0.4) is 0 Å². The average Bonchev–Trinajstić information content (AvgIpc) is 1.63. The van der Waals surface area contributed by atoms with Crippen LogP contribution in [0.4, 0.5) is 0 Å². The molecule has 0 radical (unpaired) electrons. The zero-order chi connectivity index (χ0) is 7.33. The van der Waals surface area contributed by atoms with Crippen LogP contribution in [-0.4, -0.2) is 18.6 Å². The summed E-state index contributed by atoms with van der Waals surface area (Å²) >= 11 is 0. The van der Waals surface area contributed by atoms with E-state index < -0.39 is 0 Å². The van der Waals surface area contributed by atoms with Crippen molar-refractivity contribution in [2.24, 2.45) is 0 Å². The zero-order valence-corrected chi connectivity index (χ0v) is 6.19. The minimum atomic E-state index is 0.0794. The molecule has 0 saturated heterocycles. The van der Waals surface area contributed by atoms with Crippen molar-refractivity contribution >= 4 is 6.41 Å². The van der Waals surface area contributed by atoms with Crippen LogP contribution >= 0.6 is 0 Å². The van der Waals surface area contributed by atoms with Gasteiger partial charge in [0.15, 0.2) is 0 Å². The number of hydrogen-bond donors (Lipinski definition) is 2. The second-order valence-corrected chi connectivity index (χ2v) is 2.93. The van der Waals surface area contributed by atoms with Gasteiger partial charge in [-0.05, 0) is 20.8 Å². The molecule has 1 amide bonds. The second kappa shape index (κ2) is 3.45. The maximum absolute atomic E-state index is 9.74. The van der Waals surface area contributed by atoms with E-state index in [0.717, 1.165) is 0 Å². The third-order valence-electron chi connectivity index (χ3n) is 0.804. The number of carbonyl (C=O) groups excluding carboxylic acids is 1. The molecule has 0 spiro atoms. The molecule has 3 nitrogen and oxygen atoms in total. The Labute approximate surface area is 55.8 Å². The van der Waals surface area contributed by atoms with Gasteiger partial charge in [0, 0.05) is 5.54 Å². The Kier molecular flexibility index (Phi) is 3.24. The maximum Gasteiger partial charge on any atom is 0.208 e. The highest BCUT2D eigenvalue weighted by Crippen LogP contribution is 1.95. The van der Waals surface area contributed by atoms with Gasteiger partial charge in [-0.3, -0.25) is 10.1 Å². The molecule has 0 aromatic carbocycles. The summed E-state index contributed by atoms with van der Waals surface area (Å²) in [5, 5.41) is 5.59. The van der Waals surface area contributed by atoms with Crippen LogP contribution in [0.15, 0.2) is 0 Å². The van der Waals surface area contributed by atoms with E-state index in [0.29, 0.717) is 13.1 Å². The third kappa shape index (κ3) is 7.43. The first-order valence-corrected chi connectivity index (χ1v) is 2.98. The molecule has 0 heterocycles. The summed E-state index contributed by atoms with van der Waals surface area (Å²) in [6.45, 7) is 6.66. The van der Waals surface area contributed by atoms with E-state index in [4.69, 9.17) is 0 Å². The second-order valence-electron chi connectivity index (χ2n) is 2.93. The molecule has 0 aromatic heterocycles. The predicted molar refractivity (Wildman–Crippen MR) is 37.0 cm³/mol. The molecule has 54 valence electrons. The summed E-state index contributed by atoms with van der Waals surface area (Å²) in [4.78, 5) is 9.74. The van der Waals surface area contributed by atoms with E-state index in [1.54, 1.807) is 0 Å². The van der Waals surface area contributed by atoms with Crippen LogP contribution in [-0.2, 0) is 4.79 Å². The Bertz CT molecular complexity index is 85.5. The Morgan fingerprint density at radius 3 is 2.33 bits per heavy atom. The van der Waals surface area contributed by atoms with E-state index in [-0.39, 0.29) is 5.54 Å². The first-order chi connectivity index (χ1) is 4.06. The quantitative estimate of drug-likeness (QED) is 0.322. The highest BCUT2D eigenvalue weighted by molar-refractivity contribution is 5.45. The van der Waals surface area contributed by atoms with E-state index >= 15 is 0 Å². The Morgan fingerprint density at radius 1 is 1.44 bits per heavy atom. The van der Waals surface area contributed by atoms with Crippen molar-refractivity contribution in [1.82, 2.24) is 10.6 Å². The number of rotatable bonds is 3. The lowest BCUT2D eigenvalue weighted by Crippen LogP contribution is -2.41. The van der Waals surface area contributed by atoms with E-state index in [9.17, 15) is 4.79 Å². The molecule has 0 bridgehead atoms. The van der Waals surface area contributed by atoms with Gasteiger partial charge in [0.1, 0.15) is 0 Å². The van der Waals surface area contributed by atoms with Crippen molar-refractivity contribution in [3.63, 3.8) is 0 Å². The largest absolute Gasteiger partial charge is 0.346 e. The summed E-state index contributed by atoms with van der Waals surface area (Å²) in [5.74, 6) is 0. The molecule has 0 atom stereocenters. The zero-order valence-electron chi connectivity index (χ0n) is 6.19. The highest BCUT2D eigenvalue weighted by Gasteiger charge is 2.05. The van der Waals surface area contributed by atoms with Gasteiger partial charge in [0.05, 0.1) is 6.67 Å². The molecule has 2 N–H and O–H groups in total. The van der Waals surface area contributed by atoms with Crippen LogP contribution in [0.25, 0.3) is 0 Å². The van der Waals surface area contributed by atoms with Gasteiger partial charge in [0.2, 0.25) is 6.41 Å². The highest BCUT2D eigenvalue weighted by atomic mass is 16.1. The molecule has 0 aliphatic heterocycles. The lowest BCUT2D eigenvalue weighted by atomic mass is 10.1. The topological polar surface area (TPSA) is 41.1 Å². The summed E-state index contributed by atoms with van der Waals surface area (Å²) in [6.07, 6.45) is 0.679. The van der Waals surface area contributed by atoms with Crippen molar-refractivity contribution in [3.8, 4) is 0 Å². The molecule has 9 heavy (non-hydrogen) atoms. The van der Waals surface area contributed by atoms with Crippen molar-refractivity contribution in [1.29, 1.82) is 0 Å². The Hall–Kier alpha value is -0.570. The monoisotopic (exact) mass is 130 g/mol. The van der Waals surface area contributed by atoms with Crippen molar-refractivity contribution in [3.05, 3.63) is 0 Å². The van der Waals surface area contributed by atoms with Gasteiger partial charge >= 0.3 is 0 Å². The molecule has 0 aliphatic rings. The third-order valence-corrected chi connectivity index (χ3v) is 0.804. The Morgan fingerprint density at radius 2 is 2.00 bits per heavy atom. The van der Waals surface area contributed by atoms with Crippen LogP contribution < -0.4 is 10.6 Å². The van der Waals surface area contributed by atoms with E-state index in [1.807, 2.05) is 20.8 Å². The van der Waals surface area contributed by atoms with Crippen LogP contribution in [0, 0.1) is 0 Å². The fraction of sp³-hybridized carbons (Fsp3) is 0.833. The Balaban J connectivity index is 3.17. The average molecular weight is 130 g/mol. The lowest BCUT2D eigenvalue weighted by molar-refractivity contribution is -0.109. The maximum atomic E-state index is 9.74. The van der Waals surface area contributed by atoms with Crippen LogP contribution in [0.5, 0.6) is 0 Å². The SMILES string of the molecule is CC(C)(C)NCNC=O. The van der Waals surface area contributed by atoms with Gasteiger partial charge in [0.25, 0.3) is 0 Å². The lowest BCUT2D eigenvalue weighted by Gasteiger charge is -2.19. The van der Waals surface area contributed by atoms with Gasteiger partial charge in [-0.25, -0.2) is 0 Å². The molecule has 0 saturated carbocycles. The number of amides is 1. The minimum absolute atomic E-state index is 0.0794. The molecule has 0 fully saturated rings. The first-order valence-electron chi connectivity index (χ1n) is 2.98. The van der Waals surface area contributed by atoms with E-state index in [2.05, 4.69) is 10.6 Å². The molecule has 0 aliphatic carbocycles. The van der Waals surface area contributed by atoms with E-state index in [1.165, 1.54) is 0 Å². The molecule has 0 unspecified atom stereocenters. The summed E-state index contributed by atoms with van der Waals surface area (Å²) < 4.78 is 0.